The summed E-state index contributed by atoms with van der Waals surface area (Å²) < 4.78 is 2.03. The van der Waals surface area contributed by atoms with E-state index in [1.165, 1.54) is 0 Å². The summed E-state index contributed by atoms with van der Waals surface area (Å²) in [6, 6.07) is 11.1. The first kappa shape index (κ1) is 10.5. The van der Waals surface area contributed by atoms with Crippen molar-refractivity contribution in [3.63, 3.8) is 0 Å². The zero-order valence-corrected chi connectivity index (χ0v) is 9.05. The largest absolute Gasteiger partial charge is 0.478 e. The molecule has 0 bridgehead atoms. The van der Waals surface area contributed by atoms with Gasteiger partial charge in [-0.25, -0.2) is 4.79 Å². The number of hydrogen-bond donors (Lipinski definition) is 1. The van der Waals surface area contributed by atoms with Crippen LogP contribution in [-0.4, -0.2) is 15.6 Å². The molecule has 1 heterocycles. The van der Waals surface area contributed by atoms with Gasteiger partial charge in [0.25, 0.3) is 0 Å². The van der Waals surface area contributed by atoms with Gasteiger partial charge in [0.05, 0.1) is 5.56 Å². The summed E-state index contributed by atoms with van der Waals surface area (Å²) in [6.07, 6.45) is 1.95. The summed E-state index contributed by atoms with van der Waals surface area (Å²) in [4.78, 5) is 11.0. The molecule has 2 aromatic rings. The number of hydrogen-bond acceptors (Lipinski definition) is 1. The van der Waals surface area contributed by atoms with Crippen LogP contribution in [0.5, 0.6) is 0 Å². The Morgan fingerprint density at radius 3 is 2.62 bits per heavy atom. The predicted octanol–water partition coefficient (Wildman–Crippen LogP) is 2.54. The molecule has 0 aliphatic heterocycles. The molecule has 82 valence electrons. The first-order valence-electron chi connectivity index (χ1n) is 5.11. The number of carbonyl (C=O) groups is 1. The van der Waals surface area contributed by atoms with Gasteiger partial charge >= 0.3 is 5.97 Å². The lowest BCUT2D eigenvalue weighted by Crippen LogP contribution is -2.07. The smallest absolute Gasteiger partial charge is 0.336 e. The first-order valence-corrected chi connectivity index (χ1v) is 5.11. The van der Waals surface area contributed by atoms with Crippen LogP contribution in [0.2, 0.25) is 0 Å². The lowest BCUT2D eigenvalue weighted by molar-refractivity contribution is 0.0695. The van der Waals surface area contributed by atoms with Gasteiger partial charge in [-0.2, -0.15) is 0 Å². The summed E-state index contributed by atoms with van der Waals surface area (Å²) >= 11 is 0. The molecule has 1 aromatic heterocycles. The first-order chi connectivity index (χ1) is 7.68. The SMILES string of the molecule is Cc1cccn1Cc1ccccc1C(=O)O. The minimum absolute atomic E-state index is 0.371. The standard InChI is InChI=1S/C13H13NO2/c1-10-5-4-8-14(10)9-11-6-2-3-7-12(11)13(15)16/h2-8H,9H2,1H3,(H,15,16). The number of aromatic nitrogens is 1. The fraction of sp³-hybridized carbons (Fsp3) is 0.154. The summed E-state index contributed by atoms with van der Waals surface area (Å²) in [7, 11) is 0. The number of benzene rings is 1. The van der Waals surface area contributed by atoms with Gasteiger partial charge in [0, 0.05) is 18.4 Å². The highest BCUT2D eigenvalue weighted by Crippen LogP contribution is 2.12. The Bertz CT molecular complexity index is 514. The number of rotatable bonds is 3. The van der Waals surface area contributed by atoms with Crippen molar-refractivity contribution in [1.29, 1.82) is 0 Å². The molecule has 0 saturated carbocycles. The molecule has 0 radical (unpaired) electrons. The predicted molar refractivity (Wildman–Crippen MR) is 61.7 cm³/mol. The van der Waals surface area contributed by atoms with Crippen LogP contribution in [0.15, 0.2) is 42.6 Å². The Labute approximate surface area is 94.0 Å². The molecule has 0 saturated heterocycles. The van der Waals surface area contributed by atoms with E-state index < -0.39 is 5.97 Å². The molecule has 0 fully saturated rings. The number of aromatic carboxylic acids is 1. The Balaban J connectivity index is 2.35. The highest BCUT2D eigenvalue weighted by Gasteiger charge is 2.09. The number of aryl methyl sites for hydroxylation is 1. The van der Waals surface area contributed by atoms with Gasteiger partial charge in [-0.05, 0) is 30.7 Å². The molecule has 2 rings (SSSR count). The highest BCUT2D eigenvalue weighted by molar-refractivity contribution is 5.89. The fourth-order valence-electron chi connectivity index (χ4n) is 1.73. The maximum absolute atomic E-state index is 11.0. The van der Waals surface area contributed by atoms with Crippen molar-refractivity contribution >= 4 is 5.97 Å². The van der Waals surface area contributed by atoms with Crippen molar-refractivity contribution in [2.45, 2.75) is 13.5 Å². The van der Waals surface area contributed by atoms with E-state index in [0.717, 1.165) is 11.3 Å². The Kier molecular flexibility index (Phi) is 2.77. The molecule has 16 heavy (non-hydrogen) atoms. The van der Waals surface area contributed by atoms with Crippen LogP contribution in [0.3, 0.4) is 0 Å². The fourth-order valence-corrected chi connectivity index (χ4v) is 1.73. The minimum atomic E-state index is -0.875. The summed E-state index contributed by atoms with van der Waals surface area (Å²) in [6.45, 7) is 2.60. The lowest BCUT2D eigenvalue weighted by atomic mass is 10.1. The summed E-state index contributed by atoms with van der Waals surface area (Å²) in [5.74, 6) is -0.875. The van der Waals surface area contributed by atoms with Crippen molar-refractivity contribution < 1.29 is 9.90 Å². The molecule has 0 spiro atoms. The molecule has 0 unspecified atom stereocenters. The lowest BCUT2D eigenvalue weighted by Gasteiger charge is -2.08. The average Bonchev–Trinajstić information content (AvgIpc) is 2.65. The van der Waals surface area contributed by atoms with Gasteiger partial charge in [-0.15, -0.1) is 0 Å². The topological polar surface area (TPSA) is 42.2 Å². The van der Waals surface area contributed by atoms with Crippen molar-refractivity contribution in [3.8, 4) is 0 Å². The van der Waals surface area contributed by atoms with Gasteiger partial charge in [0.2, 0.25) is 0 Å². The van der Waals surface area contributed by atoms with Crippen LogP contribution < -0.4 is 0 Å². The zero-order chi connectivity index (χ0) is 11.5. The molecule has 0 aliphatic rings. The second-order valence-electron chi connectivity index (χ2n) is 3.74. The van der Waals surface area contributed by atoms with Crippen molar-refractivity contribution in [2.24, 2.45) is 0 Å². The van der Waals surface area contributed by atoms with Crippen LogP contribution in [0.25, 0.3) is 0 Å². The van der Waals surface area contributed by atoms with E-state index in [1.807, 2.05) is 42.0 Å². The van der Waals surface area contributed by atoms with Gasteiger partial charge < -0.3 is 9.67 Å². The van der Waals surface area contributed by atoms with E-state index >= 15 is 0 Å². The second-order valence-corrected chi connectivity index (χ2v) is 3.74. The van der Waals surface area contributed by atoms with Crippen LogP contribution >= 0.6 is 0 Å². The van der Waals surface area contributed by atoms with E-state index in [1.54, 1.807) is 12.1 Å². The maximum atomic E-state index is 11.0. The van der Waals surface area contributed by atoms with Crippen LogP contribution in [0.4, 0.5) is 0 Å². The van der Waals surface area contributed by atoms with E-state index in [4.69, 9.17) is 5.11 Å². The summed E-state index contributed by atoms with van der Waals surface area (Å²) in [5.41, 5.74) is 2.32. The van der Waals surface area contributed by atoms with E-state index in [-0.39, 0.29) is 0 Å². The normalized spacial score (nSPS) is 10.3. The molecule has 1 aromatic carbocycles. The average molecular weight is 215 g/mol. The molecule has 3 heteroatoms. The van der Waals surface area contributed by atoms with Gasteiger partial charge in [0.1, 0.15) is 0 Å². The van der Waals surface area contributed by atoms with Crippen LogP contribution in [0, 0.1) is 6.92 Å². The molecule has 0 atom stereocenters. The molecular weight excluding hydrogens is 202 g/mol. The van der Waals surface area contributed by atoms with Crippen molar-refractivity contribution in [1.82, 2.24) is 4.57 Å². The van der Waals surface area contributed by atoms with Gasteiger partial charge in [-0.3, -0.25) is 0 Å². The Morgan fingerprint density at radius 1 is 1.25 bits per heavy atom. The Morgan fingerprint density at radius 2 is 2.00 bits per heavy atom. The number of carboxylic acids is 1. The molecule has 0 amide bonds. The van der Waals surface area contributed by atoms with E-state index in [2.05, 4.69) is 0 Å². The van der Waals surface area contributed by atoms with Gasteiger partial charge in [0.15, 0.2) is 0 Å². The van der Waals surface area contributed by atoms with Crippen molar-refractivity contribution in [3.05, 3.63) is 59.4 Å². The Hall–Kier alpha value is -2.03. The zero-order valence-electron chi connectivity index (χ0n) is 9.05. The molecule has 0 aliphatic carbocycles. The van der Waals surface area contributed by atoms with E-state index in [0.29, 0.717) is 12.1 Å². The maximum Gasteiger partial charge on any atom is 0.336 e. The third kappa shape index (κ3) is 1.98. The minimum Gasteiger partial charge on any atom is -0.478 e. The highest BCUT2D eigenvalue weighted by atomic mass is 16.4. The van der Waals surface area contributed by atoms with E-state index in [9.17, 15) is 4.79 Å². The van der Waals surface area contributed by atoms with Gasteiger partial charge in [-0.1, -0.05) is 18.2 Å². The number of carboxylic acid groups (broad SMARTS) is 1. The monoisotopic (exact) mass is 215 g/mol. The van der Waals surface area contributed by atoms with Crippen LogP contribution in [0.1, 0.15) is 21.6 Å². The summed E-state index contributed by atoms with van der Waals surface area (Å²) in [5, 5.41) is 9.05. The third-order valence-corrected chi connectivity index (χ3v) is 2.64. The molecular formula is C13H13NO2. The van der Waals surface area contributed by atoms with Crippen LogP contribution in [-0.2, 0) is 6.54 Å². The third-order valence-electron chi connectivity index (χ3n) is 2.64. The quantitative estimate of drug-likeness (QED) is 0.854. The molecule has 1 N–H and O–H groups in total. The van der Waals surface area contributed by atoms with Crippen molar-refractivity contribution in [2.75, 3.05) is 0 Å². The number of nitrogens with zero attached hydrogens (tertiary/aromatic N) is 1. The second kappa shape index (κ2) is 4.23. The molecule has 3 nitrogen and oxygen atoms in total.